The summed E-state index contributed by atoms with van der Waals surface area (Å²) in [7, 11) is 0. The molecule has 0 spiro atoms. The second-order valence-electron chi connectivity index (χ2n) is 2.87. The summed E-state index contributed by atoms with van der Waals surface area (Å²) in [5, 5.41) is 9.62. The number of rotatable bonds is 2. The van der Waals surface area contributed by atoms with Crippen molar-refractivity contribution >= 4 is 34.7 Å². The minimum absolute atomic E-state index is 0.298. The lowest BCUT2D eigenvalue weighted by molar-refractivity contribution is -0.385. The molecule has 0 aromatic heterocycles. The Kier molecular flexibility index (Phi) is 3.63. The van der Waals surface area contributed by atoms with Crippen LogP contribution in [0, 0.1) is 10.1 Å². The van der Waals surface area contributed by atoms with E-state index in [1.165, 1.54) is 0 Å². The zero-order chi connectivity index (χ0) is 13.4. The van der Waals surface area contributed by atoms with E-state index in [1.807, 2.05) is 0 Å². The van der Waals surface area contributed by atoms with Crippen molar-refractivity contribution in [3.63, 3.8) is 0 Å². The summed E-state index contributed by atoms with van der Waals surface area (Å²) < 4.78 is 36.6. The van der Waals surface area contributed by atoms with Crippen LogP contribution in [0.15, 0.2) is 12.1 Å². The molecule has 4 nitrogen and oxygen atoms in total. The van der Waals surface area contributed by atoms with E-state index in [1.54, 1.807) is 0 Å². The SMILES string of the molecule is O=C(c1cc(Cl)cc(Cl)c1[N+](=O)[O-])C(F)(F)F. The summed E-state index contributed by atoms with van der Waals surface area (Å²) in [4.78, 5) is 20.3. The molecule has 0 aliphatic heterocycles. The van der Waals surface area contributed by atoms with Crippen molar-refractivity contribution in [2.75, 3.05) is 0 Å². The predicted octanol–water partition coefficient (Wildman–Crippen LogP) is 3.65. The Morgan fingerprint density at radius 2 is 1.82 bits per heavy atom. The van der Waals surface area contributed by atoms with Crippen molar-refractivity contribution in [1.82, 2.24) is 0 Å². The smallest absolute Gasteiger partial charge is 0.284 e. The number of halogens is 5. The van der Waals surface area contributed by atoms with Crippen LogP contribution in [0.1, 0.15) is 10.4 Å². The van der Waals surface area contributed by atoms with Crippen LogP contribution in [0.5, 0.6) is 0 Å². The summed E-state index contributed by atoms with van der Waals surface area (Å²) >= 11 is 10.8. The molecule has 0 radical (unpaired) electrons. The van der Waals surface area contributed by atoms with E-state index in [9.17, 15) is 28.1 Å². The van der Waals surface area contributed by atoms with Gasteiger partial charge in [0, 0.05) is 5.02 Å². The Morgan fingerprint density at radius 3 is 2.24 bits per heavy atom. The molecule has 1 aromatic rings. The molecule has 9 heteroatoms. The molecule has 0 fully saturated rings. The van der Waals surface area contributed by atoms with Crippen LogP contribution in [-0.4, -0.2) is 16.9 Å². The monoisotopic (exact) mass is 287 g/mol. The van der Waals surface area contributed by atoms with Gasteiger partial charge in [0.1, 0.15) is 10.6 Å². The van der Waals surface area contributed by atoms with Crippen LogP contribution in [0.3, 0.4) is 0 Å². The van der Waals surface area contributed by atoms with Crippen LogP contribution < -0.4 is 0 Å². The molecule has 0 bridgehead atoms. The third-order valence-electron chi connectivity index (χ3n) is 1.71. The van der Waals surface area contributed by atoms with E-state index < -0.39 is 33.2 Å². The Bertz CT molecular complexity index is 502. The van der Waals surface area contributed by atoms with Gasteiger partial charge < -0.3 is 0 Å². The van der Waals surface area contributed by atoms with Crippen molar-refractivity contribution in [2.24, 2.45) is 0 Å². The first-order valence-electron chi connectivity index (χ1n) is 3.89. The average molecular weight is 288 g/mol. The minimum atomic E-state index is -5.24. The van der Waals surface area contributed by atoms with E-state index in [0.717, 1.165) is 6.07 Å². The highest BCUT2D eigenvalue weighted by molar-refractivity contribution is 6.37. The predicted molar refractivity (Wildman–Crippen MR) is 53.5 cm³/mol. The number of hydrogen-bond acceptors (Lipinski definition) is 3. The lowest BCUT2D eigenvalue weighted by Gasteiger charge is -2.07. The molecule has 1 aromatic carbocycles. The van der Waals surface area contributed by atoms with Crippen LogP contribution >= 0.6 is 23.2 Å². The van der Waals surface area contributed by atoms with Crippen molar-refractivity contribution in [1.29, 1.82) is 0 Å². The highest BCUT2D eigenvalue weighted by Gasteiger charge is 2.43. The van der Waals surface area contributed by atoms with Crippen LogP contribution in [-0.2, 0) is 0 Å². The maximum atomic E-state index is 12.2. The maximum absolute atomic E-state index is 12.2. The third kappa shape index (κ3) is 2.86. The fourth-order valence-corrected chi connectivity index (χ4v) is 1.64. The van der Waals surface area contributed by atoms with Crippen molar-refractivity contribution in [3.05, 3.63) is 37.9 Å². The first-order chi connectivity index (χ1) is 7.64. The molecule has 0 saturated carbocycles. The van der Waals surface area contributed by atoms with Gasteiger partial charge >= 0.3 is 6.18 Å². The van der Waals surface area contributed by atoms with Gasteiger partial charge in [-0.25, -0.2) is 0 Å². The Labute approximate surface area is 102 Å². The first-order valence-corrected chi connectivity index (χ1v) is 4.65. The van der Waals surface area contributed by atoms with Crippen molar-refractivity contribution in [3.8, 4) is 0 Å². The summed E-state index contributed by atoms with van der Waals surface area (Å²) in [5.74, 6) is -2.37. The lowest BCUT2D eigenvalue weighted by atomic mass is 10.1. The standard InChI is InChI=1S/C8H2Cl2F3NO3/c9-3-1-4(7(15)8(11,12)13)6(14(16)17)5(10)2-3/h1-2H. The van der Waals surface area contributed by atoms with Gasteiger partial charge in [0.15, 0.2) is 0 Å². The number of carbonyl (C=O) groups excluding carboxylic acids is 1. The summed E-state index contributed by atoms with van der Waals surface area (Å²) in [5.41, 5.74) is -2.29. The number of nitro groups is 1. The largest absolute Gasteiger partial charge is 0.455 e. The molecule has 0 aliphatic carbocycles. The first kappa shape index (κ1) is 13.7. The van der Waals surface area contributed by atoms with Crippen LogP contribution in [0.25, 0.3) is 0 Å². The molecule has 92 valence electrons. The molecule has 17 heavy (non-hydrogen) atoms. The summed E-state index contributed by atoms with van der Waals surface area (Å²) in [6.07, 6.45) is -5.24. The third-order valence-corrected chi connectivity index (χ3v) is 2.22. The van der Waals surface area contributed by atoms with Gasteiger partial charge in [-0.3, -0.25) is 14.9 Å². The number of benzene rings is 1. The summed E-state index contributed by atoms with van der Waals surface area (Å²) in [6.45, 7) is 0. The molecular formula is C8H2Cl2F3NO3. The van der Waals surface area contributed by atoms with E-state index in [2.05, 4.69) is 0 Å². The maximum Gasteiger partial charge on any atom is 0.455 e. The lowest BCUT2D eigenvalue weighted by Crippen LogP contribution is -2.23. The van der Waals surface area contributed by atoms with Gasteiger partial charge in [-0.2, -0.15) is 13.2 Å². The number of ketones is 1. The second-order valence-corrected chi connectivity index (χ2v) is 3.71. The molecule has 0 atom stereocenters. The molecule has 1 rings (SSSR count). The van der Waals surface area contributed by atoms with Gasteiger partial charge in [-0.1, -0.05) is 23.2 Å². The topological polar surface area (TPSA) is 60.2 Å². The Balaban J connectivity index is 3.52. The average Bonchev–Trinajstić information content (AvgIpc) is 2.12. The van der Waals surface area contributed by atoms with Crippen molar-refractivity contribution in [2.45, 2.75) is 6.18 Å². The number of nitrogens with zero attached hydrogens (tertiary/aromatic N) is 1. The van der Waals surface area contributed by atoms with Gasteiger partial charge in [0.2, 0.25) is 0 Å². The van der Waals surface area contributed by atoms with Crippen LogP contribution in [0.4, 0.5) is 18.9 Å². The number of carbonyl (C=O) groups is 1. The molecule has 0 aliphatic rings. The second kappa shape index (κ2) is 4.50. The Hall–Kier alpha value is -1.34. The normalized spacial score (nSPS) is 11.4. The fourth-order valence-electron chi connectivity index (χ4n) is 1.08. The van der Waals surface area contributed by atoms with E-state index in [4.69, 9.17) is 23.2 Å². The molecule has 0 heterocycles. The van der Waals surface area contributed by atoms with E-state index in [0.29, 0.717) is 6.07 Å². The van der Waals surface area contributed by atoms with Gasteiger partial charge in [-0.15, -0.1) is 0 Å². The number of Topliss-reactive ketones (excluding diaryl/α,β-unsaturated/α-hetero) is 1. The molecule has 0 unspecified atom stereocenters. The molecular weight excluding hydrogens is 286 g/mol. The van der Waals surface area contributed by atoms with Gasteiger partial charge in [0.25, 0.3) is 11.5 Å². The zero-order valence-corrected chi connectivity index (χ0v) is 9.23. The van der Waals surface area contributed by atoms with Gasteiger partial charge in [-0.05, 0) is 12.1 Å². The molecule has 0 saturated heterocycles. The highest BCUT2D eigenvalue weighted by Crippen LogP contribution is 2.35. The fraction of sp³-hybridized carbons (Fsp3) is 0.125. The Morgan fingerprint density at radius 1 is 1.29 bits per heavy atom. The summed E-state index contributed by atoms with van der Waals surface area (Å²) in [6, 6.07) is 1.44. The van der Waals surface area contributed by atoms with Crippen molar-refractivity contribution < 1.29 is 22.9 Å². The quantitative estimate of drug-likeness (QED) is 0.474. The number of hydrogen-bond donors (Lipinski definition) is 0. The number of alkyl halides is 3. The van der Waals surface area contributed by atoms with E-state index >= 15 is 0 Å². The minimum Gasteiger partial charge on any atom is -0.284 e. The highest BCUT2D eigenvalue weighted by atomic mass is 35.5. The number of nitro benzene ring substituents is 1. The molecule has 0 N–H and O–H groups in total. The van der Waals surface area contributed by atoms with E-state index in [-0.39, 0.29) is 5.02 Å². The zero-order valence-electron chi connectivity index (χ0n) is 7.72. The van der Waals surface area contributed by atoms with Gasteiger partial charge in [0.05, 0.1) is 4.92 Å². The molecule has 0 amide bonds. The van der Waals surface area contributed by atoms with Crippen LogP contribution in [0.2, 0.25) is 10.0 Å².